The van der Waals surface area contributed by atoms with Crippen LogP contribution in [0.4, 0.5) is 5.69 Å². The van der Waals surface area contributed by atoms with Gasteiger partial charge in [-0.05, 0) is 42.3 Å². The number of aromatic nitrogens is 2. The summed E-state index contributed by atoms with van der Waals surface area (Å²) in [6.45, 7) is 1.67. The predicted molar refractivity (Wildman–Crippen MR) is 87.2 cm³/mol. The quantitative estimate of drug-likeness (QED) is 0.763. The molecular formula is C16H14N4OS. The Morgan fingerprint density at radius 1 is 1.32 bits per heavy atom. The summed E-state index contributed by atoms with van der Waals surface area (Å²) in [6.07, 6.45) is 4.35. The molecule has 2 aromatic heterocycles. The minimum Gasteiger partial charge on any atom is -0.322 e. The lowest BCUT2D eigenvalue weighted by Gasteiger charge is -2.19. The van der Waals surface area contributed by atoms with Crippen LogP contribution in [0.25, 0.3) is 10.2 Å². The first-order chi connectivity index (χ1) is 10.8. The van der Waals surface area contributed by atoms with Crippen LogP contribution in [0.5, 0.6) is 0 Å². The first kappa shape index (κ1) is 13.4. The van der Waals surface area contributed by atoms with Gasteiger partial charge in [-0.1, -0.05) is 0 Å². The average Bonchev–Trinajstić information content (AvgIpc) is 3.02. The first-order valence-corrected chi connectivity index (χ1v) is 8.00. The predicted octanol–water partition coefficient (Wildman–Crippen LogP) is 2.59. The molecule has 0 unspecified atom stereocenters. The van der Waals surface area contributed by atoms with Crippen LogP contribution < -0.4 is 10.6 Å². The zero-order valence-corrected chi connectivity index (χ0v) is 12.6. The Balaban J connectivity index is 1.64. The molecule has 0 aliphatic carbocycles. The third kappa shape index (κ3) is 2.36. The highest BCUT2D eigenvalue weighted by Crippen LogP contribution is 2.23. The molecule has 6 heteroatoms. The lowest BCUT2D eigenvalue weighted by atomic mass is 9.98. The van der Waals surface area contributed by atoms with Gasteiger partial charge in [0.2, 0.25) is 0 Å². The molecule has 0 bridgehead atoms. The largest absolute Gasteiger partial charge is 0.322 e. The van der Waals surface area contributed by atoms with E-state index in [1.54, 1.807) is 23.0 Å². The summed E-state index contributed by atoms with van der Waals surface area (Å²) in [6, 6.07) is 5.75. The van der Waals surface area contributed by atoms with Crippen LogP contribution in [0.3, 0.4) is 0 Å². The molecule has 0 spiro atoms. The molecule has 3 aromatic rings. The Bertz CT molecular complexity index is 858. The van der Waals surface area contributed by atoms with Gasteiger partial charge in [0.05, 0.1) is 21.3 Å². The number of rotatable bonds is 2. The summed E-state index contributed by atoms with van der Waals surface area (Å²) in [5.41, 5.74) is 6.42. The molecule has 0 radical (unpaired) electrons. The standard InChI is InChI=1S/C16H14N4OS/c21-16(13-8-18-7-10-6-17-4-3-12(10)13)20-11-1-2-14-15(5-11)22-9-19-14/h1-2,5,7-9,17H,3-4,6H2,(H,20,21). The SMILES string of the molecule is O=C(Nc1ccc2ncsc2c1)c1cncc2c1CCNC2. The van der Waals surface area contributed by atoms with Crippen molar-refractivity contribution in [3.8, 4) is 0 Å². The van der Waals surface area contributed by atoms with Crippen LogP contribution in [0.1, 0.15) is 21.5 Å². The average molecular weight is 310 g/mol. The van der Waals surface area contributed by atoms with Crippen molar-refractivity contribution in [1.29, 1.82) is 0 Å². The minimum atomic E-state index is -0.102. The van der Waals surface area contributed by atoms with E-state index in [4.69, 9.17) is 0 Å². The molecule has 0 saturated heterocycles. The third-order valence-corrected chi connectivity index (χ3v) is 4.64. The molecule has 1 aliphatic rings. The van der Waals surface area contributed by atoms with Crippen molar-refractivity contribution >= 4 is 33.1 Å². The van der Waals surface area contributed by atoms with Crippen molar-refractivity contribution in [2.24, 2.45) is 0 Å². The molecule has 110 valence electrons. The van der Waals surface area contributed by atoms with Gasteiger partial charge in [0.1, 0.15) is 0 Å². The van der Waals surface area contributed by atoms with E-state index in [0.29, 0.717) is 5.56 Å². The number of hydrogen-bond acceptors (Lipinski definition) is 5. The molecule has 5 nitrogen and oxygen atoms in total. The Morgan fingerprint density at radius 2 is 2.27 bits per heavy atom. The van der Waals surface area contributed by atoms with E-state index < -0.39 is 0 Å². The molecule has 0 saturated carbocycles. The Hall–Kier alpha value is -2.31. The van der Waals surface area contributed by atoms with Gasteiger partial charge in [-0.15, -0.1) is 11.3 Å². The van der Waals surface area contributed by atoms with E-state index in [9.17, 15) is 4.79 Å². The fraction of sp³-hybridized carbons (Fsp3) is 0.188. The summed E-state index contributed by atoms with van der Waals surface area (Å²) < 4.78 is 1.07. The number of carbonyl (C=O) groups excluding carboxylic acids is 1. The number of benzene rings is 1. The fourth-order valence-corrected chi connectivity index (χ4v) is 3.46. The highest BCUT2D eigenvalue weighted by Gasteiger charge is 2.18. The lowest BCUT2D eigenvalue weighted by molar-refractivity contribution is 0.102. The topological polar surface area (TPSA) is 66.9 Å². The van der Waals surface area contributed by atoms with Gasteiger partial charge < -0.3 is 10.6 Å². The van der Waals surface area contributed by atoms with Gasteiger partial charge in [-0.2, -0.15) is 0 Å². The molecule has 1 aliphatic heterocycles. The van der Waals surface area contributed by atoms with Crippen molar-refractivity contribution in [3.63, 3.8) is 0 Å². The lowest BCUT2D eigenvalue weighted by Crippen LogP contribution is -2.27. The van der Waals surface area contributed by atoms with Crippen molar-refractivity contribution in [2.75, 3.05) is 11.9 Å². The number of hydrogen-bond donors (Lipinski definition) is 2. The molecule has 3 heterocycles. The second-order valence-corrected chi connectivity index (χ2v) is 6.13. The number of fused-ring (bicyclic) bond motifs is 2. The smallest absolute Gasteiger partial charge is 0.257 e. The zero-order chi connectivity index (χ0) is 14.9. The number of carbonyl (C=O) groups is 1. The number of pyridine rings is 1. The monoisotopic (exact) mass is 310 g/mol. The van der Waals surface area contributed by atoms with Crippen LogP contribution in [0.2, 0.25) is 0 Å². The highest BCUT2D eigenvalue weighted by molar-refractivity contribution is 7.16. The van der Waals surface area contributed by atoms with Crippen LogP contribution in [0, 0.1) is 0 Å². The molecule has 1 aromatic carbocycles. The maximum absolute atomic E-state index is 12.6. The van der Waals surface area contributed by atoms with Gasteiger partial charge in [0.15, 0.2) is 0 Å². The maximum Gasteiger partial charge on any atom is 0.257 e. The van der Waals surface area contributed by atoms with Crippen molar-refractivity contribution < 1.29 is 4.79 Å². The zero-order valence-electron chi connectivity index (χ0n) is 11.8. The maximum atomic E-state index is 12.6. The summed E-state index contributed by atoms with van der Waals surface area (Å²) in [7, 11) is 0. The Labute approximate surface area is 131 Å². The number of nitrogens with one attached hydrogen (secondary N) is 2. The Kier molecular flexibility index (Phi) is 3.32. The summed E-state index contributed by atoms with van der Waals surface area (Å²) >= 11 is 1.56. The van der Waals surface area contributed by atoms with E-state index in [2.05, 4.69) is 20.6 Å². The van der Waals surface area contributed by atoms with Crippen LogP contribution >= 0.6 is 11.3 Å². The third-order valence-electron chi connectivity index (χ3n) is 3.85. The van der Waals surface area contributed by atoms with E-state index >= 15 is 0 Å². The van der Waals surface area contributed by atoms with Crippen molar-refractivity contribution in [2.45, 2.75) is 13.0 Å². The van der Waals surface area contributed by atoms with Gasteiger partial charge in [0.25, 0.3) is 5.91 Å². The van der Waals surface area contributed by atoms with Crippen molar-refractivity contribution in [3.05, 3.63) is 52.8 Å². The van der Waals surface area contributed by atoms with Gasteiger partial charge in [-0.3, -0.25) is 9.78 Å². The highest BCUT2D eigenvalue weighted by atomic mass is 32.1. The Morgan fingerprint density at radius 3 is 3.23 bits per heavy atom. The number of amides is 1. The van der Waals surface area contributed by atoms with E-state index in [1.807, 2.05) is 24.4 Å². The van der Waals surface area contributed by atoms with E-state index in [1.165, 1.54) is 0 Å². The summed E-state index contributed by atoms with van der Waals surface area (Å²) in [5, 5.41) is 6.27. The van der Waals surface area contributed by atoms with E-state index in [-0.39, 0.29) is 5.91 Å². The van der Waals surface area contributed by atoms with Crippen molar-refractivity contribution in [1.82, 2.24) is 15.3 Å². The van der Waals surface area contributed by atoms with Crippen LogP contribution in [-0.4, -0.2) is 22.4 Å². The summed E-state index contributed by atoms with van der Waals surface area (Å²) in [5.74, 6) is -0.102. The molecule has 0 atom stereocenters. The van der Waals surface area contributed by atoms with E-state index in [0.717, 1.165) is 46.5 Å². The molecule has 2 N–H and O–H groups in total. The normalized spacial score (nSPS) is 13.8. The van der Waals surface area contributed by atoms with Gasteiger partial charge >= 0.3 is 0 Å². The molecule has 0 fully saturated rings. The molecular weight excluding hydrogens is 296 g/mol. The van der Waals surface area contributed by atoms with Gasteiger partial charge in [0, 0.05) is 24.6 Å². The number of thiazole rings is 1. The number of anilines is 1. The van der Waals surface area contributed by atoms with Gasteiger partial charge in [-0.25, -0.2) is 4.98 Å². The fourth-order valence-electron chi connectivity index (χ4n) is 2.74. The molecule has 4 rings (SSSR count). The van der Waals surface area contributed by atoms with Crippen LogP contribution in [0.15, 0.2) is 36.1 Å². The molecule has 22 heavy (non-hydrogen) atoms. The second-order valence-electron chi connectivity index (χ2n) is 5.24. The van der Waals surface area contributed by atoms with Crippen LogP contribution in [-0.2, 0) is 13.0 Å². The second kappa shape index (κ2) is 5.47. The number of nitrogens with zero attached hydrogens (tertiary/aromatic N) is 2. The minimum absolute atomic E-state index is 0.102. The first-order valence-electron chi connectivity index (χ1n) is 7.12. The molecule has 1 amide bonds. The summed E-state index contributed by atoms with van der Waals surface area (Å²) in [4.78, 5) is 21.0.